The molecule has 0 radical (unpaired) electrons. The van der Waals surface area contributed by atoms with E-state index in [0.29, 0.717) is 17.1 Å². The van der Waals surface area contributed by atoms with Crippen molar-refractivity contribution >= 4 is 46.3 Å². The molecule has 0 aromatic heterocycles. The largest absolute Gasteiger partial charge is 0.496 e. The zero-order chi connectivity index (χ0) is 33.4. The number of ether oxygens (including phenoxy) is 4. The van der Waals surface area contributed by atoms with Crippen molar-refractivity contribution in [3.63, 3.8) is 0 Å². The number of hydrogen-bond donors (Lipinski definition) is 1. The monoisotopic (exact) mass is 724 g/mol. The van der Waals surface area contributed by atoms with Crippen LogP contribution in [0.25, 0.3) is 0 Å². The molecule has 3 atom stereocenters. The predicted octanol–water partition coefficient (Wildman–Crippen LogP) is 5.66. The van der Waals surface area contributed by atoms with E-state index in [1.165, 1.54) is 19.1 Å². The molecule has 2 rings (SSSR count). The summed E-state index contributed by atoms with van der Waals surface area (Å²) >= 11 is 2.10. The first-order chi connectivity index (χ1) is 20.5. The van der Waals surface area contributed by atoms with E-state index in [-0.39, 0.29) is 24.5 Å². The summed E-state index contributed by atoms with van der Waals surface area (Å²) in [5.74, 6) is -1.13. The first-order valence-electron chi connectivity index (χ1n) is 14.4. The van der Waals surface area contributed by atoms with Gasteiger partial charge in [0.05, 0.1) is 24.9 Å². The lowest BCUT2D eigenvalue weighted by Gasteiger charge is -2.32. The summed E-state index contributed by atoms with van der Waals surface area (Å²) in [4.78, 5) is 54.8. The van der Waals surface area contributed by atoms with Crippen LogP contribution >= 0.6 is 22.6 Å². The summed E-state index contributed by atoms with van der Waals surface area (Å²) in [5, 5.41) is 2.82. The number of amides is 2. The Bertz CT molecular complexity index is 1340. The highest BCUT2D eigenvalue weighted by atomic mass is 127. The third-order valence-electron chi connectivity index (χ3n) is 7.13. The van der Waals surface area contributed by atoms with E-state index < -0.39 is 41.6 Å². The molecule has 2 aromatic rings. The maximum atomic E-state index is 14.0. The summed E-state index contributed by atoms with van der Waals surface area (Å²) < 4.78 is 22.0. The number of nitrogens with zero attached hydrogens (tertiary/aromatic N) is 1. The lowest BCUT2D eigenvalue weighted by molar-refractivity contribution is -0.146. The molecule has 44 heavy (non-hydrogen) atoms. The number of aryl methyl sites for hydroxylation is 1. The summed E-state index contributed by atoms with van der Waals surface area (Å²) in [5.41, 5.74) is 1.47. The maximum absolute atomic E-state index is 14.0. The number of benzene rings is 2. The highest BCUT2D eigenvalue weighted by Crippen LogP contribution is 2.31. The Morgan fingerprint density at radius 2 is 1.57 bits per heavy atom. The third kappa shape index (κ3) is 10.1. The van der Waals surface area contributed by atoms with E-state index in [9.17, 15) is 19.2 Å². The van der Waals surface area contributed by atoms with Gasteiger partial charge in [0.1, 0.15) is 29.2 Å². The molecule has 0 fully saturated rings. The molecule has 0 aliphatic heterocycles. The van der Waals surface area contributed by atoms with E-state index in [0.717, 1.165) is 14.7 Å². The summed E-state index contributed by atoms with van der Waals surface area (Å²) in [7, 11) is 5.90. The molecule has 0 unspecified atom stereocenters. The minimum absolute atomic E-state index is 0.181. The van der Waals surface area contributed by atoms with Crippen molar-refractivity contribution in [2.24, 2.45) is 11.8 Å². The normalized spacial score (nSPS) is 13.4. The van der Waals surface area contributed by atoms with Crippen molar-refractivity contribution in [2.75, 3.05) is 28.4 Å². The fourth-order valence-electron chi connectivity index (χ4n) is 4.79. The second-order valence-electron chi connectivity index (χ2n) is 12.0. The summed E-state index contributed by atoms with van der Waals surface area (Å²) in [6.07, 6.45) is -0.664. The van der Waals surface area contributed by atoms with Crippen LogP contribution in [0.5, 0.6) is 11.5 Å². The van der Waals surface area contributed by atoms with Crippen molar-refractivity contribution in [3.05, 3.63) is 56.7 Å². The van der Waals surface area contributed by atoms with E-state index in [1.807, 2.05) is 32.9 Å². The number of methoxy groups -OCH3 is 3. The van der Waals surface area contributed by atoms with Crippen molar-refractivity contribution < 1.29 is 38.1 Å². The molecule has 242 valence electrons. The Balaban J connectivity index is 2.39. The van der Waals surface area contributed by atoms with Gasteiger partial charge in [0.25, 0.3) is 0 Å². The lowest BCUT2D eigenvalue weighted by Crippen LogP contribution is -2.47. The van der Waals surface area contributed by atoms with Gasteiger partial charge in [-0.15, -0.1) is 0 Å². The SMILES string of the molecule is COC(=O)[C@H](Cc1ccc(OC)c(C)c1)NC(=O)[C@@H](CC(=O)[C@H](c1ccc(OC)c(I)c1)N(C)C(=O)OC(C)(C)C)C(C)C. The second-order valence-corrected chi connectivity index (χ2v) is 13.2. The number of rotatable bonds is 13. The van der Waals surface area contributed by atoms with Crippen LogP contribution in [0.4, 0.5) is 4.79 Å². The molecule has 0 saturated heterocycles. The lowest BCUT2D eigenvalue weighted by atomic mass is 9.86. The fraction of sp³-hybridized carbons (Fsp3) is 0.515. The number of carbonyl (C=O) groups excluding carboxylic acids is 4. The fourth-order valence-corrected chi connectivity index (χ4v) is 5.55. The van der Waals surface area contributed by atoms with Gasteiger partial charge in [0.15, 0.2) is 5.78 Å². The van der Waals surface area contributed by atoms with Gasteiger partial charge in [0, 0.05) is 25.8 Å². The third-order valence-corrected chi connectivity index (χ3v) is 7.97. The van der Waals surface area contributed by atoms with E-state index in [4.69, 9.17) is 18.9 Å². The molecule has 0 saturated carbocycles. The zero-order valence-electron chi connectivity index (χ0n) is 27.3. The van der Waals surface area contributed by atoms with Crippen LogP contribution in [0.2, 0.25) is 0 Å². The molecule has 2 aromatic carbocycles. The average molecular weight is 725 g/mol. The average Bonchev–Trinajstić information content (AvgIpc) is 2.94. The maximum Gasteiger partial charge on any atom is 0.410 e. The van der Waals surface area contributed by atoms with Crippen LogP contribution in [-0.2, 0) is 30.3 Å². The molecular formula is C33H45IN2O8. The molecule has 0 bridgehead atoms. The first-order valence-corrected chi connectivity index (χ1v) is 15.4. The van der Waals surface area contributed by atoms with Gasteiger partial charge < -0.3 is 24.3 Å². The van der Waals surface area contributed by atoms with E-state index in [2.05, 4.69) is 27.9 Å². The van der Waals surface area contributed by atoms with Crippen LogP contribution < -0.4 is 14.8 Å². The van der Waals surface area contributed by atoms with Crippen LogP contribution in [-0.4, -0.2) is 68.7 Å². The van der Waals surface area contributed by atoms with Crippen LogP contribution in [0.3, 0.4) is 0 Å². The number of Topliss-reactive ketones (excluding diaryl/α,β-unsaturated/α-hetero) is 1. The van der Waals surface area contributed by atoms with Gasteiger partial charge in [0.2, 0.25) is 5.91 Å². The minimum atomic E-state index is -1.03. The second kappa shape index (κ2) is 16.1. The number of likely N-dealkylation sites (N-methyl/N-ethyl adjacent to an activating group) is 1. The summed E-state index contributed by atoms with van der Waals surface area (Å²) in [6, 6.07) is 8.74. The Morgan fingerprint density at radius 3 is 2.07 bits per heavy atom. The Kier molecular flexibility index (Phi) is 13.5. The van der Waals surface area contributed by atoms with Gasteiger partial charge in [-0.2, -0.15) is 0 Å². The number of ketones is 1. The van der Waals surface area contributed by atoms with Crippen molar-refractivity contribution in [1.29, 1.82) is 0 Å². The van der Waals surface area contributed by atoms with Gasteiger partial charge in [-0.3, -0.25) is 14.5 Å². The Labute approximate surface area is 274 Å². The number of carbonyl (C=O) groups is 4. The smallest absolute Gasteiger partial charge is 0.410 e. The number of halogens is 1. The van der Waals surface area contributed by atoms with Crippen LogP contribution in [0, 0.1) is 22.3 Å². The van der Waals surface area contributed by atoms with E-state index >= 15 is 0 Å². The number of hydrogen-bond acceptors (Lipinski definition) is 8. The summed E-state index contributed by atoms with van der Waals surface area (Å²) in [6.45, 7) is 10.8. The molecule has 2 amide bonds. The van der Waals surface area contributed by atoms with Gasteiger partial charge in [-0.05, 0) is 91.1 Å². The van der Waals surface area contributed by atoms with Crippen LogP contribution in [0.15, 0.2) is 36.4 Å². The first kappa shape index (κ1) is 36.8. The van der Waals surface area contributed by atoms with Crippen molar-refractivity contribution in [1.82, 2.24) is 10.2 Å². The number of esters is 1. The van der Waals surface area contributed by atoms with Crippen molar-refractivity contribution in [2.45, 2.75) is 72.1 Å². The van der Waals surface area contributed by atoms with Gasteiger partial charge in [-0.1, -0.05) is 32.0 Å². The highest BCUT2D eigenvalue weighted by molar-refractivity contribution is 14.1. The van der Waals surface area contributed by atoms with Crippen molar-refractivity contribution in [3.8, 4) is 11.5 Å². The quantitative estimate of drug-likeness (QED) is 0.208. The molecule has 0 aliphatic rings. The standard InChI is InChI=1S/C33H45IN2O8/c1-19(2)23(30(38)35-25(31(39)43-10)16-21-11-13-27(41-8)20(3)15-21)18-26(37)29(36(7)32(40)44-33(4,5)6)22-12-14-28(42-9)24(34)17-22/h11-15,17,19,23,25,29H,16,18H2,1-10H3,(H,35,38)/t23-,25-,29-/m0/s1. The molecule has 0 aliphatic carbocycles. The molecule has 1 N–H and O–H groups in total. The highest BCUT2D eigenvalue weighted by Gasteiger charge is 2.36. The topological polar surface area (TPSA) is 120 Å². The Hall–Kier alpha value is -3.35. The van der Waals surface area contributed by atoms with Gasteiger partial charge in [-0.25, -0.2) is 9.59 Å². The van der Waals surface area contributed by atoms with Gasteiger partial charge >= 0.3 is 12.1 Å². The minimum Gasteiger partial charge on any atom is -0.496 e. The zero-order valence-corrected chi connectivity index (χ0v) is 29.4. The molecule has 11 heteroatoms. The predicted molar refractivity (Wildman–Crippen MR) is 176 cm³/mol. The molecule has 0 spiro atoms. The molecule has 0 heterocycles. The van der Waals surface area contributed by atoms with Crippen LogP contribution in [0.1, 0.15) is 63.8 Å². The molecule has 10 nitrogen and oxygen atoms in total. The van der Waals surface area contributed by atoms with E-state index in [1.54, 1.807) is 59.3 Å². The number of nitrogens with one attached hydrogen (secondary N) is 1. The molecular weight excluding hydrogens is 679 g/mol. The Morgan fingerprint density at radius 1 is 0.955 bits per heavy atom.